The topological polar surface area (TPSA) is 94.9 Å². The van der Waals surface area contributed by atoms with Crippen molar-refractivity contribution >= 4 is 23.2 Å². The van der Waals surface area contributed by atoms with Gasteiger partial charge in [0.25, 0.3) is 11.8 Å². The van der Waals surface area contributed by atoms with Gasteiger partial charge in [0.1, 0.15) is 17.5 Å². The standard InChI is InChI=1S/C22H18N4O2/c1-14-10-11-17(12-15(14)2)24-21(27)19-8-5-9-20(25-19)22(28)26-18-7-4-3-6-16(18)13-23/h3-12H,1-2H3,(H,24,27)(H,26,28). The van der Waals surface area contributed by atoms with Gasteiger partial charge in [-0.3, -0.25) is 9.59 Å². The van der Waals surface area contributed by atoms with Gasteiger partial charge in [-0.05, 0) is 61.4 Å². The van der Waals surface area contributed by atoms with Crippen LogP contribution in [0, 0.1) is 25.2 Å². The molecular formula is C22H18N4O2. The van der Waals surface area contributed by atoms with Crippen molar-refractivity contribution in [3.05, 3.63) is 88.7 Å². The summed E-state index contributed by atoms with van der Waals surface area (Å²) in [6.45, 7) is 3.96. The summed E-state index contributed by atoms with van der Waals surface area (Å²) in [6.07, 6.45) is 0. The van der Waals surface area contributed by atoms with E-state index >= 15 is 0 Å². The Kier molecular flexibility index (Phi) is 5.47. The first-order valence-electron chi connectivity index (χ1n) is 8.64. The summed E-state index contributed by atoms with van der Waals surface area (Å²) in [7, 11) is 0. The molecule has 28 heavy (non-hydrogen) atoms. The Morgan fingerprint density at radius 1 is 0.857 bits per heavy atom. The molecule has 3 aromatic rings. The normalized spacial score (nSPS) is 10.0. The summed E-state index contributed by atoms with van der Waals surface area (Å²) in [5.41, 5.74) is 3.80. The van der Waals surface area contributed by atoms with Crippen LogP contribution in [-0.4, -0.2) is 16.8 Å². The Hall–Kier alpha value is -3.98. The molecule has 0 saturated carbocycles. The SMILES string of the molecule is Cc1ccc(NC(=O)c2cccc(C(=O)Nc3ccccc3C#N)n2)cc1C. The van der Waals surface area contributed by atoms with E-state index < -0.39 is 11.8 Å². The Morgan fingerprint density at radius 2 is 1.54 bits per heavy atom. The molecule has 0 fully saturated rings. The van der Waals surface area contributed by atoms with Crippen LogP contribution in [0.1, 0.15) is 37.7 Å². The van der Waals surface area contributed by atoms with Crippen molar-refractivity contribution < 1.29 is 9.59 Å². The molecule has 0 aliphatic rings. The van der Waals surface area contributed by atoms with Gasteiger partial charge in [-0.2, -0.15) is 5.26 Å². The summed E-state index contributed by atoms with van der Waals surface area (Å²) in [5.74, 6) is -0.904. The van der Waals surface area contributed by atoms with Crippen LogP contribution in [0.25, 0.3) is 0 Å². The minimum Gasteiger partial charge on any atom is -0.321 e. The molecule has 0 atom stereocenters. The number of para-hydroxylation sites is 1. The van der Waals surface area contributed by atoms with Gasteiger partial charge in [0.2, 0.25) is 0 Å². The van der Waals surface area contributed by atoms with E-state index in [0.29, 0.717) is 16.9 Å². The van der Waals surface area contributed by atoms with Gasteiger partial charge in [0.05, 0.1) is 11.3 Å². The van der Waals surface area contributed by atoms with E-state index in [0.717, 1.165) is 11.1 Å². The zero-order valence-corrected chi connectivity index (χ0v) is 15.5. The number of pyridine rings is 1. The molecule has 6 heteroatoms. The molecule has 3 rings (SSSR count). The summed E-state index contributed by atoms with van der Waals surface area (Å²) in [6, 6.07) is 18.9. The number of carbonyl (C=O) groups excluding carboxylic acids is 2. The second-order valence-corrected chi connectivity index (χ2v) is 6.27. The van der Waals surface area contributed by atoms with Crippen LogP contribution in [0.5, 0.6) is 0 Å². The first-order chi connectivity index (χ1) is 13.5. The molecule has 0 unspecified atom stereocenters. The molecule has 2 N–H and O–H groups in total. The first-order valence-corrected chi connectivity index (χ1v) is 8.64. The Bertz CT molecular complexity index is 1100. The van der Waals surface area contributed by atoms with Crippen molar-refractivity contribution in [3.63, 3.8) is 0 Å². The Balaban J connectivity index is 1.77. The summed E-state index contributed by atoms with van der Waals surface area (Å²) >= 11 is 0. The molecule has 2 aromatic carbocycles. The maximum atomic E-state index is 12.5. The lowest BCUT2D eigenvalue weighted by Gasteiger charge is -2.09. The van der Waals surface area contributed by atoms with Gasteiger partial charge in [0.15, 0.2) is 0 Å². The molecule has 1 aromatic heterocycles. The number of aryl methyl sites for hydroxylation is 2. The van der Waals surface area contributed by atoms with Crippen LogP contribution in [0.15, 0.2) is 60.7 Å². The highest BCUT2D eigenvalue weighted by atomic mass is 16.2. The van der Waals surface area contributed by atoms with Crippen LogP contribution in [0.2, 0.25) is 0 Å². The summed E-state index contributed by atoms with van der Waals surface area (Å²) in [4.78, 5) is 29.1. The zero-order chi connectivity index (χ0) is 20.1. The molecule has 0 aliphatic carbocycles. The number of hydrogen-bond donors (Lipinski definition) is 2. The quantitative estimate of drug-likeness (QED) is 0.723. The molecular weight excluding hydrogens is 352 g/mol. The Labute approximate surface area is 162 Å². The minimum atomic E-state index is -0.497. The maximum absolute atomic E-state index is 12.5. The fourth-order valence-electron chi connectivity index (χ4n) is 2.58. The fraction of sp³-hybridized carbons (Fsp3) is 0.0909. The average Bonchev–Trinajstić information content (AvgIpc) is 2.71. The van der Waals surface area contributed by atoms with E-state index in [1.54, 1.807) is 30.3 Å². The average molecular weight is 370 g/mol. The third-order valence-corrected chi connectivity index (χ3v) is 4.27. The zero-order valence-electron chi connectivity index (χ0n) is 15.5. The lowest BCUT2D eigenvalue weighted by Crippen LogP contribution is -2.19. The monoisotopic (exact) mass is 370 g/mol. The molecule has 0 radical (unpaired) electrons. The highest BCUT2D eigenvalue weighted by molar-refractivity contribution is 6.06. The van der Waals surface area contributed by atoms with Crippen molar-refractivity contribution in [1.82, 2.24) is 4.98 Å². The van der Waals surface area contributed by atoms with Gasteiger partial charge in [0, 0.05) is 5.69 Å². The van der Waals surface area contributed by atoms with Crippen LogP contribution >= 0.6 is 0 Å². The number of carbonyl (C=O) groups is 2. The molecule has 0 aliphatic heterocycles. The molecule has 2 amide bonds. The summed E-state index contributed by atoms with van der Waals surface area (Å²) in [5, 5.41) is 14.6. The minimum absolute atomic E-state index is 0.0838. The van der Waals surface area contributed by atoms with E-state index in [1.807, 2.05) is 38.1 Å². The van der Waals surface area contributed by atoms with Gasteiger partial charge < -0.3 is 10.6 Å². The van der Waals surface area contributed by atoms with Crippen LogP contribution in [0.4, 0.5) is 11.4 Å². The predicted octanol–water partition coefficient (Wildman–Crippen LogP) is 4.07. The second-order valence-electron chi connectivity index (χ2n) is 6.27. The van der Waals surface area contributed by atoms with Crippen molar-refractivity contribution in [1.29, 1.82) is 5.26 Å². The largest absolute Gasteiger partial charge is 0.321 e. The van der Waals surface area contributed by atoms with Crippen LogP contribution < -0.4 is 10.6 Å². The highest BCUT2D eigenvalue weighted by Crippen LogP contribution is 2.16. The number of benzene rings is 2. The molecule has 0 bridgehead atoms. The van der Waals surface area contributed by atoms with Crippen molar-refractivity contribution in [2.45, 2.75) is 13.8 Å². The third kappa shape index (κ3) is 4.22. The second kappa shape index (κ2) is 8.14. The molecule has 6 nitrogen and oxygen atoms in total. The molecule has 0 saturated heterocycles. The number of amides is 2. The number of hydrogen-bond acceptors (Lipinski definition) is 4. The number of nitrogens with zero attached hydrogens (tertiary/aromatic N) is 2. The van der Waals surface area contributed by atoms with Gasteiger partial charge in [-0.15, -0.1) is 0 Å². The number of nitrogens with one attached hydrogen (secondary N) is 2. The number of aromatic nitrogens is 1. The van der Waals surface area contributed by atoms with Crippen LogP contribution in [-0.2, 0) is 0 Å². The van der Waals surface area contributed by atoms with E-state index in [2.05, 4.69) is 15.6 Å². The lowest BCUT2D eigenvalue weighted by atomic mass is 10.1. The highest BCUT2D eigenvalue weighted by Gasteiger charge is 2.14. The van der Waals surface area contributed by atoms with Gasteiger partial charge >= 0.3 is 0 Å². The van der Waals surface area contributed by atoms with Crippen molar-refractivity contribution in [3.8, 4) is 6.07 Å². The lowest BCUT2D eigenvalue weighted by molar-refractivity contribution is 0.101. The van der Waals surface area contributed by atoms with Crippen molar-refractivity contribution in [2.24, 2.45) is 0 Å². The summed E-state index contributed by atoms with van der Waals surface area (Å²) < 4.78 is 0. The van der Waals surface area contributed by atoms with E-state index in [-0.39, 0.29) is 11.4 Å². The third-order valence-electron chi connectivity index (χ3n) is 4.27. The van der Waals surface area contributed by atoms with Gasteiger partial charge in [-0.25, -0.2) is 4.98 Å². The number of rotatable bonds is 4. The smallest absolute Gasteiger partial charge is 0.274 e. The van der Waals surface area contributed by atoms with Gasteiger partial charge in [-0.1, -0.05) is 24.3 Å². The van der Waals surface area contributed by atoms with E-state index in [4.69, 9.17) is 5.26 Å². The number of anilines is 2. The predicted molar refractivity (Wildman–Crippen MR) is 107 cm³/mol. The Morgan fingerprint density at radius 3 is 2.21 bits per heavy atom. The number of nitriles is 1. The van der Waals surface area contributed by atoms with E-state index in [1.165, 1.54) is 12.1 Å². The van der Waals surface area contributed by atoms with Crippen LogP contribution in [0.3, 0.4) is 0 Å². The fourth-order valence-corrected chi connectivity index (χ4v) is 2.58. The maximum Gasteiger partial charge on any atom is 0.274 e. The van der Waals surface area contributed by atoms with Crippen molar-refractivity contribution in [2.75, 3.05) is 10.6 Å². The molecule has 138 valence electrons. The molecule has 1 heterocycles. The van der Waals surface area contributed by atoms with E-state index in [9.17, 15) is 9.59 Å². The first kappa shape index (κ1) is 18.8. The molecule has 0 spiro atoms.